The lowest BCUT2D eigenvalue weighted by molar-refractivity contribution is -0.121. The number of hydrogen-bond acceptors (Lipinski definition) is 4. The molecule has 1 unspecified atom stereocenters. The summed E-state index contributed by atoms with van der Waals surface area (Å²) in [5.41, 5.74) is 6.03. The zero-order chi connectivity index (χ0) is 14.5. The molecule has 6 heteroatoms. The quantitative estimate of drug-likeness (QED) is 0.765. The highest BCUT2D eigenvalue weighted by atomic mass is 35.5. The van der Waals surface area contributed by atoms with Gasteiger partial charge in [0.25, 0.3) is 0 Å². The third-order valence-electron chi connectivity index (χ3n) is 3.78. The number of carbonyl (C=O) groups excluding carboxylic acids is 1. The van der Waals surface area contributed by atoms with E-state index in [2.05, 4.69) is 5.32 Å². The Kier molecular flexibility index (Phi) is 2.66. The highest BCUT2D eigenvalue weighted by Crippen LogP contribution is 2.51. The maximum atomic E-state index is 12.6. The molecular weight excluding hydrogens is 278 g/mol. The Morgan fingerprint density at radius 1 is 1.60 bits per heavy atom. The third-order valence-corrected chi connectivity index (χ3v) is 4.10. The zero-order valence-electron chi connectivity index (χ0n) is 10.7. The van der Waals surface area contributed by atoms with Gasteiger partial charge < -0.3 is 15.8 Å². The van der Waals surface area contributed by atoms with E-state index in [1.165, 1.54) is 0 Å². The van der Waals surface area contributed by atoms with Crippen molar-refractivity contribution in [1.82, 2.24) is 0 Å². The monoisotopic (exact) mass is 289 g/mol. The van der Waals surface area contributed by atoms with Crippen LogP contribution in [0.25, 0.3) is 0 Å². The predicted octanol–water partition coefficient (Wildman–Crippen LogP) is 2.03. The first-order chi connectivity index (χ1) is 9.50. The first-order valence-corrected chi connectivity index (χ1v) is 6.56. The van der Waals surface area contributed by atoms with Crippen LogP contribution in [0.1, 0.15) is 18.9 Å². The molecule has 0 aromatic heterocycles. The Balaban J connectivity index is 2.35. The zero-order valence-corrected chi connectivity index (χ0v) is 11.5. The number of hydrogen-bond donors (Lipinski definition) is 2. The second-order valence-electron chi connectivity index (χ2n) is 5.01. The van der Waals surface area contributed by atoms with E-state index in [0.717, 1.165) is 0 Å². The van der Waals surface area contributed by atoms with Gasteiger partial charge >= 0.3 is 0 Å². The lowest BCUT2D eigenvalue weighted by Crippen LogP contribution is -2.44. The SMILES string of the molecule is CC1C[C@]2(C(=O)Nc3cccc(Cl)c32)C(C#N)=C(N)O1. The molecule has 2 heterocycles. The molecule has 3 N–H and O–H groups in total. The van der Waals surface area contributed by atoms with Crippen molar-refractivity contribution in [3.63, 3.8) is 0 Å². The fourth-order valence-corrected chi connectivity index (χ4v) is 3.39. The topological polar surface area (TPSA) is 88.1 Å². The van der Waals surface area contributed by atoms with Crippen LogP contribution in [0.15, 0.2) is 29.7 Å². The molecular formula is C14H12ClN3O2. The van der Waals surface area contributed by atoms with E-state index in [1.54, 1.807) is 18.2 Å². The number of nitriles is 1. The Bertz CT molecular complexity index is 692. The van der Waals surface area contributed by atoms with Crippen molar-refractivity contribution in [2.24, 2.45) is 5.73 Å². The fraction of sp³-hybridized carbons (Fsp3) is 0.286. The average molecular weight is 290 g/mol. The summed E-state index contributed by atoms with van der Waals surface area (Å²) < 4.78 is 5.39. The smallest absolute Gasteiger partial charge is 0.240 e. The number of fused-ring (bicyclic) bond motifs is 2. The summed E-state index contributed by atoms with van der Waals surface area (Å²) in [7, 11) is 0. The molecule has 2 aliphatic heterocycles. The molecule has 2 atom stereocenters. The van der Waals surface area contributed by atoms with Crippen LogP contribution in [0.2, 0.25) is 5.02 Å². The van der Waals surface area contributed by atoms with E-state index in [9.17, 15) is 10.1 Å². The van der Waals surface area contributed by atoms with Crippen molar-refractivity contribution < 1.29 is 9.53 Å². The third kappa shape index (κ3) is 1.46. The van der Waals surface area contributed by atoms with Gasteiger partial charge in [-0.15, -0.1) is 0 Å². The lowest BCUT2D eigenvalue weighted by Gasteiger charge is -2.35. The van der Waals surface area contributed by atoms with E-state index >= 15 is 0 Å². The molecule has 0 radical (unpaired) electrons. The van der Waals surface area contributed by atoms with E-state index in [4.69, 9.17) is 22.1 Å². The molecule has 2 aliphatic rings. The number of nitrogens with zero attached hydrogens (tertiary/aromatic N) is 1. The Morgan fingerprint density at radius 3 is 3.05 bits per heavy atom. The highest BCUT2D eigenvalue weighted by Gasteiger charge is 2.55. The predicted molar refractivity (Wildman–Crippen MR) is 73.8 cm³/mol. The number of carbonyl (C=O) groups is 1. The Hall–Kier alpha value is -2.19. The first kappa shape index (κ1) is 12.8. The minimum Gasteiger partial charge on any atom is -0.476 e. The normalized spacial score (nSPS) is 27.9. The van der Waals surface area contributed by atoms with Gasteiger partial charge in [-0.2, -0.15) is 5.26 Å². The molecule has 1 aromatic rings. The molecule has 102 valence electrons. The van der Waals surface area contributed by atoms with Gasteiger partial charge in [0.1, 0.15) is 17.1 Å². The summed E-state index contributed by atoms with van der Waals surface area (Å²) in [6.07, 6.45) is 0.0548. The number of amides is 1. The van der Waals surface area contributed by atoms with Crippen molar-refractivity contribution in [2.75, 3.05) is 5.32 Å². The summed E-state index contributed by atoms with van der Waals surface area (Å²) in [4.78, 5) is 12.6. The number of nitrogens with two attached hydrogens (primary N) is 1. The maximum absolute atomic E-state index is 12.6. The van der Waals surface area contributed by atoms with Gasteiger partial charge in [0, 0.05) is 22.7 Å². The maximum Gasteiger partial charge on any atom is 0.240 e. The second-order valence-corrected chi connectivity index (χ2v) is 5.41. The van der Waals surface area contributed by atoms with Gasteiger partial charge in [0.15, 0.2) is 5.88 Å². The summed E-state index contributed by atoms with van der Waals surface area (Å²) in [6, 6.07) is 7.23. The molecule has 1 amide bonds. The van der Waals surface area contributed by atoms with Crippen LogP contribution in [0.4, 0.5) is 5.69 Å². The van der Waals surface area contributed by atoms with Crippen LogP contribution in [-0.4, -0.2) is 12.0 Å². The molecule has 20 heavy (non-hydrogen) atoms. The highest BCUT2D eigenvalue weighted by molar-refractivity contribution is 6.33. The van der Waals surface area contributed by atoms with Gasteiger partial charge in [-0.3, -0.25) is 4.79 Å². The number of rotatable bonds is 0. The van der Waals surface area contributed by atoms with Crippen LogP contribution < -0.4 is 11.1 Å². The van der Waals surface area contributed by atoms with Crippen LogP contribution in [0.5, 0.6) is 0 Å². The largest absolute Gasteiger partial charge is 0.476 e. The van der Waals surface area contributed by atoms with Crippen LogP contribution in [0.3, 0.4) is 0 Å². The van der Waals surface area contributed by atoms with E-state index < -0.39 is 5.41 Å². The number of nitrogens with one attached hydrogen (secondary N) is 1. The fourth-order valence-electron chi connectivity index (χ4n) is 3.05. The molecule has 0 saturated carbocycles. The van der Waals surface area contributed by atoms with Crippen molar-refractivity contribution >= 4 is 23.2 Å². The molecule has 3 rings (SSSR count). The number of halogens is 1. The Labute approximate surface area is 121 Å². The number of anilines is 1. The van der Waals surface area contributed by atoms with Gasteiger partial charge in [-0.1, -0.05) is 17.7 Å². The van der Waals surface area contributed by atoms with Gasteiger partial charge in [0.2, 0.25) is 5.91 Å². The standard InChI is InChI=1S/C14H12ClN3O2/c1-7-5-14(8(6-16)12(17)20-7)11-9(15)3-2-4-10(11)18-13(14)19/h2-4,7H,5,17H2,1H3,(H,18,19)/t7?,14-/m0/s1. The summed E-state index contributed by atoms with van der Waals surface area (Å²) in [5.74, 6) is -0.288. The minimum atomic E-state index is -1.15. The second kappa shape index (κ2) is 4.15. The van der Waals surface area contributed by atoms with E-state index in [1.807, 2.05) is 13.0 Å². The average Bonchev–Trinajstić information content (AvgIpc) is 2.63. The first-order valence-electron chi connectivity index (χ1n) is 6.18. The summed E-state index contributed by atoms with van der Waals surface area (Å²) in [5, 5.41) is 12.6. The van der Waals surface area contributed by atoms with Crippen molar-refractivity contribution in [3.8, 4) is 6.07 Å². The molecule has 0 fully saturated rings. The van der Waals surface area contributed by atoms with Gasteiger partial charge in [-0.05, 0) is 19.1 Å². The molecule has 5 nitrogen and oxygen atoms in total. The van der Waals surface area contributed by atoms with E-state index in [0.29, 0.717) is 22.7 Å². The van der Waals surface area contributed by atoms with E-state index in [-0.39, 0.29) is 23.5 Å². The molecule has 1 spiro atoms. The molecule has 0 aliphatic carbocycles. The van der Waals surface area contributed by atoms with Crippen molar-refractivity contribution in [1.29, 1.82) is 5.26 Å². The number of benzene rings is 1. The Morgan fingerprint density at radius 2 is 2.35 bits per heavy atom. The summed E-state index contributed by atoms with van der Waals surface area (Å²) in [6.45, 7) is 1.81. The van der Waals surface area contributed by atoms with Crippen molar-refractivity contribution in [3.05, 3.63) is 40.2 Å². The van der Waals surface area contributed by atoms with Crippen LogP contribution in [0, 0.1) is 11.3 Å². The van der Waals surface area contributed by atoms with Gasteiger partial charge in [-0.25, -0.2) is 0 Å². The van der Waals surface area contributed by atoms with Crippen LogP contribution in [-0.2, 0) is 14.9 Å². The van der Waals surface area contributed by atoms with Gasteiger partial charge in [0.05, 0.1) is 6.10 Å². The minimum absolute atomic E-state index is 0.00540. The molecule has 0 bridgehead atoms. The molecule has 1 aromatic carbocycles. The number of ether oxygens (including phenoxy) is 1. The van der Waals surface area contributed by atoms with Crippen LogP contribution >= 0.6 is 11.6 Å². The lowest BCUT2D eigenvalue weighted by atomic mass is 9.70. The molecule has 0 saturated heterocycles. The van der Waals surface area contributed by atoms with Crippen molar-refractivity contribution in [2.45, 2.75) is 24.9 Å². The summed E-state index contributed by atoms with van der Waals surface area (Å²) >= 11 is 6.27.